The van der Waals surface area contributed by atoms with Crippen molar-refractivity contribution in [3.8, 4) is 11.5 Å². The molecule has 0 atom stereocenters. The van der Waals surface area contributed by atoms with E-state index in [-0.39, 0.29) is 35.3 Å². The van der Waals surface area contributed by atoms with Crippen LogP contribution in [0.5, 0.6) is 11.5 Å². The Morgan fingerprint density at radius 2 is 1.41 bits per heavy atom. The number of hydrogen-bond acceptors (Lipinski definition) is 3. The van der Waals surface area contributed by atoms with Crippen LogP contribution < -0.4 is 38.0 Å². The second-order valence-corrected chi connectivity index (χ2v) is 13.5. The summed E-state index contributed by atoms with van der Waals surface area (Å²) in [6, 6.07) is 17.9. The Hall–Kier alpha value is -2.61. The molecule has 1 aromatic heterocycles. The maximum absolute atomic E-state index is 14.1. The average molecular weight is 743 g/mol. The predicted molar refractivity (Wildman–Crippen MR) is 186 cm³/mol. The summed E-state index contributed by atoms with van der Waals surface area (Å²) in [5, 5.41) is 0. The van der Waals surface area contributed by atoms with Gasteiger partial charge in [-0.3, -0.25) is 4.79 Å². The molecule has 254 valence electrons. The summed E-state index contributed by atoms with van der Waals surface area (Å²) in [6.07, 6.45) is 19.9. The van der Waals surface area contributed by atoms with Crippen molar-refractivity contribution in [2.75, 3.05) is 13.7 Å². The first-order valence-electron chi connectivity index (χ1n) is 17.4. The molecule has 0 saturated heterocycles. The Morgan fingerprint density at radius 1 is 0.783 bits per heavy atom. The quantitative estimate of drug-likeness (QED) is 0.0732. The number of nitrogens with zero attached hydrogens (tertiary/aromatic N) is 2. The van der Waals surface area contributed by atoms with Gasteiger partial charge in [0.1, 0.15) is 18.5 Å². The molecule has 3 rings (SSSR count). The van der Waals surface area contributed by atoms with Gasteiger partial charge in [0.15, 0.2) is 12.4 Å². The molecule has 6 heteroatoms. The number of aromatic nitrogens is 1. The van der Waals surface area contributed by atoms with Gasteiger partial charge in [0.2, 0.25) is 0 Å². The minimum Gasteiger partial charge on any atom is -1.00 e. The fourth-order valence-electron chi connectivity index (χ4n) is 5.95. The lowest BCUT2D eigenvalue weighted by atomic mass is 9.85. The number of benzene rings is 2. The molecule has 0 bridgehead atoms. The van der Waals surface area contributed by atoms with E-state index in [0.29, 0.717) is 31.0 Å². The molecule has 3 aromatic rings. The number of halogens is 1. The van der Waals surface area contributed by atoms with Crippen LogP contribution in [0.15, 0.2) is 67.0 Å². The van der Waals surface area contributed by atoms with Crippen molar-refractivity contribution >= 4 is 5.91 Å². The first-order valence-corrected chi connectivity index (χ1v) is 17.4. The zero-order valence-corrected chi connectivity index (χ0v) is 31.6. The Labute approximate surface area is 297 Å². The molecule has 0 aliphatic carbocycles. The van der Waals surface area contributed by atoms with E-state index in [1.807, 2.05) is 53.0 Å². The van der Waals surface area contributed by atoms with Gasteiger partial charge in [0.25, 0.3) is 5.91 Å². The van der Waals surface area contributed by atoms with Crippen LogP contribution in [0, 0.1) is 0 Å². The SMILES string of the molecule is CCCCCCCCCCCCCCOc1c(CN(Cc2ccc[n+](C)c2)C(=O)c2ccccc2OC)cccc1C(C)(C)C.[I-]. The lowest BCUT2D eigenvalue weighted by molar-refractivity contribution is -0.672. The standard InChI is InChI=1S/C40H59N2O3.HI/c1-7-8-9-10-11-12-13-14-15-16-17-20-29-45-38-34(24-21-26-36(38)40(2,3)4)32-42(31-33-23-22-28-41(5)30-33)39(43)35-25-18-19-27-37(35)44-6;/h18-19,21-28,30H,7-17,20,29,31-32H2,1-6H3;1H/q+1;/p-1. The molecule has 0 unspecified atom stereocenters. The van der Waals surface area contributed by atoms with E-state index in [0.717, 1.165) is 23.3 Å². The molecule has 0 spiro atoms. The maximum atomic E-state index is 14.1. The number of carbonyl (C=O) groups is 1. The van der Waals surface area contributed by atoms with Crippen LogP contribution in [0.4, 0.5) is 0 Å². The Bertz CT molecular complexity index is 1300. The summed E-state index contributed by atoms with van der Waals surface area (Å²) in [4.78, 5) is 16.0. The van der Waals surface area contributed by atoms with Gasteiger partial charge >= 0.3 is 0 Å². The summed E-state index contributed by atoms with van der Waals surface area (Å²) in [5.41, 5.74) is 3.74. The third-order valence-electron chi connectivity index (χ3n) is 8.51. The van der Waals surface area contributed by atoms with Crippen molar-refractivity contribution in [1.29, 1.82) is 0 Å². The molecule has 1 heterocycles. The molecule has 46 heavy (non-hydrogen) atoms. The largest absolute Gasteiger partial charge is 1.00 e. The zero-order valence-electron chi connectivity index (χ0n) is 29.5. The van der Waals surface area contributed by atoms with Crippen molar-refractivity contribution in [2.24, 2.45) is 7.05 Å². The number of para-hydroxylation sites is 2. The monoisotopic (exact) mass is 742 g/mol. The van der Waals surface area contributed by atoms with Crippen LogP contribution in [0.25, 0.3) is 0 Å². The van der Waals surface area contributed by atoms with Crippen LogP contribution in [0.1, 0.15) is 132 Å². The maximum Gasteiger partial charge on any atom is 0.258 e. The number of amides is 1. The lowest BCUT2D eigenvalue weighted by Gasteiger charge is -2.28. The molecule has 5 nitrogen and oxygen atoms in total. The van der Waals surface area contributed by atoms with Gasteiger partial charge in [-0.1, -0.05) is 129 Å². The summed E-state index contributed by atoms with van der Waals surface area (Å²) in [7, 11) is 3.62. The fourth-order valence-corrected chi connectivity index (χ4v) is 5.95. The molecule has 0 fully saturated rings. The average Bonchev–Trinajstić information content (AvgIpc) is 3.02. The van der Waals surface area contributed by atoms with Gasteiger partial charge in [-0.05, 0) is 35.6 Å². The zero-order chi connectivity index (χ0) is 32.5. The summed E-state index contributed by atoms with van der Waals surface area (Å²) < 4.78 is 14.2. The Morgan fingerprint density at radius 3 is 2.02 bits per heavy atom. The van der Waals surface area contributed by atoms with Crippen molar-refractivity contribution in [1.82, 2.24) is 4.90 Å². The molecular formula is C40H59IN2O3. The predicted octanol–water partition coefficient (Wildman–Crippen LogP) is 6.74. The first kappa shape index (κ1) is 39.6. The Balaban J connectivity index is 0.00000736. The second-order valence-electron chi connectivity index (χ2n) is 13.5. The number of hydrogen-bond donors (Lipinski definition) is 0. The number of carbonyl (C=O) groups excluding carboxylic acids is 1. The van der Waals surface area contributed by atoms with E-state index < -0.39 is 0 Å². The number of ether oxygens (including phenoxy) is 2. The van der Waals surface area contributed by atoms with Crippen molar-refractivity contribution in [2.45, 2.75) is 123 Å². The van der Waals surface area contributed by atoms with Gasteiger partial charge < -0.3 is 38.4 Å². The number of rotatable bonds is 20. The third kappa shape index (κ3) is 13.2. The topological polar surface area (TPSA) is 42.7 Å². The van der Waals surface area contributed by atoms with Crippen molar-refractivity contribution in [3.05, 3.63) is 89.2 Å². The van der Waals surface area contributed by atoms with E-state index in [2.05, 4.69) is 58.2 Å². The van der Waals surface area contributed by atoms with Crippen molar-refractivity contribution < 1.29 is 42.8 Å². The van der Waals surface area contributed by atoms with E-state index in [9.17, 15) is 4.79 Å². The second kappa shape index (κ2) is 21.3. The number of unbranched alkanes of at least 4 members (excludes halogenated alkanes) is 11. The molecule has 0 N–H and O–H groups in total. The van der Waals surface area contributed by atoms with Gasteiger partial charge in [-0.15, -0.1) is 0 Å². The van der Waals surface area contributed by atoms with Gasteiger partial charge in [0.05, 0.1) is 25.8 Å². The van der Waals surface area contributed by atoms with Gasteiger partial charge in [-0.2, -0.15) is 0 Å². The highest BCUT2D eigenvalue weighted by Gasteiger charge is 2.26. The molecule has 0 saturated carbocycles. The fraction of sp³-hybridized carbons (Fsp3) is 0.550. The van der Waals surface area contributed by atoms with Crippen LogP contribution >= 0.6 is 0 Å². The van der Waals surface area contributed by atoms with Crippen LogP contribution in [-0.2, 0) is 25.6 Å². The van der Waals surface area contributed by atoms with Gasteiger partial charge in [-0.25, -0.2) is 4.57 Å². The molecule has 0 aliphatic heterocycles. The molecular weight excluding hydrogens is 683 g/mol. The van der Waals surface area contributed by atoms with E-state index >= 15 is 0 Å². The molecule has 0 radical (unpaired) electrons. The highest BCUT2D eigenvalue weighted by Crippen LogP contribution is 2.36. The minimum atomic E-state index is -0.0907. The summed E-state index contributed by atoms with van der Waals surface area (Å²) in [6.45, 7) is 10.6. The lowest BCUT2D eigenvalue weighted by Crippen LogP contribution is -3.00. The normalized spacial score (nSPS) is 11.2. The summed E-state index contributed by atoms with van der Waals surface area (Å²) in [5.74, 6) is 1.44. The van der Waals surface area contributed by atoms with E-state index in [1.54, 1.807) is 7.11 Å². The van der Waals surface area contributed by atoms with Crippen LogP contribution in [0.2, 0.25) is 0 Å². The van der Waals surface area contributed by atoms with E-state index in [4.69, 9.17) is 9.47 Å². The number of methoxy groups -OCH3 is 1. The molecule has 2 aromatic carbocycles. The summed E-state index contributed by atoms with van der Waals surface area (Å²) >= 11 is 0. The molecule has 0 aliphatic rings. The van der Waals surface area contributed by atoms with Crippen molar-refractivity contribution in [3.63, 3.8) is 0 Å². The number of pyridine rings is 1. The first-order chi connectivity index (χ1) is 21.7. The van der Waals surface area contributed by atoms with Crippen LogP contribution in [0.3, 0.4) is 0 Å². The highest BCUT2D eigenvalue weighted by molar-refractivity contribution is 5.97. The smallest absolute Gasteiger partial charge is 0.258 e. The van der Waals surface area contributed by atoms with E-state index in [1.165, 1.54) is 76.2 Å². The third-order valence-corrected chi connectivity index (χ3v) is 8.51. The minimum absolute atomic E-state index is 0. The van der Waals surface area contributed by atoms with Gasteiger partial charge in [0, 0.05) is 23.7 Å². The number of aryl methyl sites for hydroxylation is 1. The highest BCUT2D eigenvalue weighted by atomic mass is 127. The Kier molecular flexibility index (Phi) is 18.3. The van der Waals surface area contributed by atoms with Crippen LogP contribution in [-0.4, -0.2) is 24.5 Å². The molecule has 1 amide bonds.